The number of carbonyl (C=O) groups excluding carboxylic acids is 1. The van der Waals surface area contributed by atoms with Crippen LogP contribution in [-0.4, -0.2) is 69.0 Å². The van der Waals surface area contributed by atoms with E-state index in [-0.39, 0.29) is 11.7 Å². The van der Waals surface area contributed by atoms with Crippen LogP contribution < -0.4 is 10.1 Å². The quantitative estimate of drug-likeness (QED) is 0.484. The van der Waals surface area contributed by atoms with Crippen LogP contribution in [0.25, 0.3) is 10.3 Å². The number of nitrogens with one attached hydrogen (secondary N) is 1. The highest BCUT2D eigenvalue weighted by Gasteiger charge is 2.23. The van der Waals surface area contributed by atoms with Gasteiger partial charge in [0.05, 0.1) is 12.0 Å². The minimum absolute atomic E-state index is 0.0858. The molecule has 1 aliphatic heterocycles. The number of non-ortho nitro benzene ring substituents is 1. The number of fused-ring (bicyclic) bond motifs is 1. The summed E-state index contributed by atoms with van der Waals surface area (Å²) in [6, 6.07) is 6.40. The summed E-state index contributed by atoms with van der Waals surface area (Å²) in [5.41, 5.74) is 1.48. The molecule has 2 aromatic heterocycles. The Bertz CT molecular complexity index is 1080. The van der Waals surface area contributed by atoms with E-state index in [1.165, 1.54) is 30.8 Å². The summed E-state index contributed by atoms with van der Waals surface area (Å²) in [4.78, 5) is 40.2. The van der Waals surface area contributed by atoms with Gasteiger partial charge in [0.1, 0.15) is 6.33 Å². The lowest BCUT2D eigenvalue weighted by Gasteiger charge is -2.34. The van der Waals surface area contributed by atoms with Crippen molar-refractivity contribution in [2.45, 2.75) is 6.54 Å². The minimum atomic E-state index is -0.394. The van der Waals surface area contributed by atoms with Crippen LogP contribution in [0.15, 0.2) is 30.6 Å². The lowest BCUT2D eigenvalue weighted by Crippen LogP contribution is -2.49. The number of methoxy groups -OCH3 is 1. The standard InChI is InChI=1S/C18H19N7O4S/c1-29-15-14-16(20-11-19-15)30-17(21-14)22-18(26)24-7-5-23(6-8-24)10-12-3-2-4-13(9-12)25(27)28/h2-4,9,11H,5-8,10H2,1H3,(H,21,22,26). The van der Waals surface area contributed by atoms with Crippen LogP contribution >= 0.6 is 11.3 Å². The summed E-state index contributed by atoms with van der Waals surface area (Å²) in [6.07, 6.45) is 1.39. The Morgan fingerprint density at radius 3 is 2.83 bits per heavy atom. The number of thiazole rings is 1. The molecule has 1 fully saturated rings. The smallest absolute Gasteiger partial charge is 0.323 e. The van der Waals surface area contributed by atoms with E-state index in [1.807, 2.05) is 6.07 Å². The van der Waals surface area contributed by atoms with Gasteiger partial charge >= 0.3 is 6.03 Å². The molecular weight excluding hydrogens is 410 g/mol. The topological polar surface area (TPSA) is 127 Å². The second kappa shape index (κ2) is 8.55. The van der Waals surface area contributed by atoms with Crippen LogP contribution in [0.1, 0.15) is 5.56 Å². The number of ether oxygens (including phenoxy) is 1. The number of piperazine rings is 1. The zero-order valence-corrected chi connectivity index (χ0v) is 17.0. The first-order valence-corrected chi connectivity index (χ1v) is 10.0. The Labute approximate surface area is 175 Å². The highest BCUT2D eigenvalue weighted by molar-refractivity contribution is 7.22. The third kappa shape index (κ3) is 4.28. The van der Waals surface area contributed by atoms with Gasteiger partial charge in [0.15, 0.2) is 15.5 Å². The maximum absolute atomic E-state index is 12.6. The van der Waals surface area contributed by atoms with E-state index >= 15 is 0 Å². The summed E-state index contributed by atoms with van der Waals surface area (Å²) >= 11 is 1.26. The molecule has 156 valence electrons. The molecule has 1 aromatic carbocycles. The van der Waals surface area contributed by atoms with Crippen molar-refractivity contribution in [1.82, 2.24) is 24.8 Å². The molecule has 0 saturated carbocycles. The number of amides is 2. The number of anilines is 1. The number of benzene rings is 1. The molecule has 0 unspecified atom stereocenters. The highest BCUT2D eigenvalue weighted by atomic mass is 32.1. The van der Waals surface area contributed by atoms with Gasteiger partial charge < -0.3 is 9.64 Å². The third-order valence-electron chi connectivity index (χ3n) is 4.76. The molecule has 0 spiro atoms. The van der Waals surface area contributed by atoms with E-state index in [0.29, 0.717) is 54.1 Å². The van der Waals surface area contributed by atoms with Gasteiger partial charge in [-0.15, -0.1) is 0 Å². The van der Waals surface area contributed by atoms with Gasteiger partial charge in [-0.25, -0.2) is 14.8 Å². The first-order chi connectivity index (χ1) is 14.5. The van der Waals surface area contributed by atoms with Gasteiger partial charge in [-0.1, -0.05) is 23.5 Å². The van der Waals surface area contributed by atoms with Crippen molar-refractivity contribution >= 4 is 38.5 Å². The van der Waals surface area contributed by atoms with Gasteiger partial charge in [-0.05, 0) is 5.56 Å². The third-order valence-corrected chi connectivity index (χ3v) is 5.63. The Morgan fingerprint density at radius 2 is 2.10 bits per heavy atom. The Balaban J connectivity index is 1.33. The molecule has 1 N–H and O–H groups in total. The number of nitrogens with zero attached hydrogens (tertiary/aromatic N) is 6. The number of carbonyl (C=O) groups is 1. The largest absolute Gasteiger partial charge is 0.479 e. The number of nitro groups is 1. The molecule has 1 aliphatic rings. The number of hydrogen-bond acceptors (Lipinski definition) is 9. The lowest BCUT2D eigenvalue weighted by molar-refractivity contribution is -0.384. The Kier molecular flexibility index (Phi) is 5.68. The van der Waals surface area contributed by atoms with Crippen LogP contribution in [0.2, 0.25) is 0 Å². The number of nitro benzene ring substituents is 1. The first kappa shape index (κ1) is 19.9. The minimum Gasteiger partial charge on any atom is -0.479 e. The van der Waals surface area contributed by atoms with E-state index in [9.17, 15) is 14.9 Å². The zero-order valence-electron chi connectivity index (χ0n) is 16.1. The molecule has 2 amide bonds. The fraction of sp³-hybridized carbons (Fsp3) is 0.333. The Hall–Kier alpha value is -3.38. The van der Waals surface area contributed by atoms with Gasteiger partial charge in [0.2, 0.25) is 5.88 Å². The maximum Gasteiger partial charge on any atom is 0.323 e. The molecule has 0 aliphatic carbocycles. The summed E-state index contributed by atoms with van der Waals surface area (Å²) in [6.45, 7) is 3.06. The maximum atomic E-state index is 12.6. The van der Waals surface area contributed by atoms with E-state index in [0.717, 1.165) is 5.56 Å². The van der Waals surface area contributed by atoms with Gasteiger partial charge in [0.25, 0.3) is 5.69 Å². The molecule has 3 aromatic rings. The van der Waals surface area contributed by atoms with Crippen molar-refractivity contribution in [2.75, 3.05) is 38.6 Å². The predicted octanol–water partition coefficient (Wildman–Crippen LogP) is 2.35. The van der Waals surface area contributed by atoms with Gasteiger partial charge in [-0.3, -0.25) is 20.3 Å². The fourth-order valence-corrected chi connectivity index (χ4v) is 4.03. The fourth-order valence-electron chi connectivity index (χ4n) is 3.24. The van der Waals surface area contributed by atoms with Crippen LogP contribution in [-0.2, 0) is 6.54 Å². The molecular formula is C18H19N7O4S. The predicted molar refractivity (Wildman–Crippen MR) is 111 cm³/mol. The molecule has 4 rings (SSSR count). The van der Waals surface area contributed by atoms with E-state index in [4.69, 9.17) is 4.74 Å². The second-order valence-corrected chi connectivity index (χ2v) is 7.65. The molecule has 0 atom stereocenters. The summed E-state index contributed by atoms with van der Waals surface area (Å²) < 4.78 is 5.17. The van der Waals surface area contributed by atoms with Crippen LogP contribution in [0.5, 0.6) is 5.88 Å². The van der Waals surface area contributed by atoms with Crippen molar-refractivity contribution in [3.8, 4) is 5.88 Å². The molecule has 3 heterocycles. The number of rotatable bonds is 5. The van der Waals surface area contributed by atoms with E-state index in [2.05, 4.69) is 25.2 Å². The SMILES string of the molecule is COc1ncnc2sc(NC(=O)N3CCN(Cc4cccc([N+](=O)[O-])c4)CC3)nc12. The number of hydrogen-bond donors (Lipinski definition) is 1. The average molecular weight is 429 g/mol. The molecule has 12 heteroatoms. The van der Waals surface area contributed by atoms with Crippen molar-refractivity contribution in [1.29, 1.82) is 0 Å². The van der Waals surface area contributed by atoms with Crippen molar-refractivity contribution in [3.05, 3.63) is 46.3 Å². The molecule has 1 saturated heterocycles. The summed E-state index contributed by atoms with van der Waals surface area (Å²) in [7, 11) is 1.51. The molecule has 11 nitrogen and oxygen atoms in total. The van der Waals surface area contributed by atoms with E-state index in [1.54, 1.807) is 17.0 Å². The second-order valence-electron chi connectivity index (χ2n) is 6.68. The van der Waals surface area contributed by atoms with E-state index < -0.39 is 4.92 Å². The average Bonchev–Trinajstić information content (AvgIpc) is 3.16. The first-order valence-electron chi connectivity index (χ1n) is 9.20. The molecule has 30 heavy (non-hydrogen) atoms. The molecule has 0 bridgehead atoms. The van der Waals surface area contributed by atoms with Crippen molar-refractivity contribution in [2.24, 2.45) is 0 Å². The Morgan fingerprint density at radius 1 is 1.30 bits per heavy atom. The molecule has 0 radical (unpaired) electrons. The van der Waals surface area contributed by atoms with Crippen molar-refractivity contribution < 1.29 is 14.5 Å². The summed E-state index contributed by atoms with van der Waals surface area (Å²) in [5.74, 6) is 0.367. The van der Waals surface area contributed by atoms with Gasteiger partial charge in [0, 0.05) is 44.9 Å². The van der Waals surface area contributed by atoms with Crippen molar-refractivity contribution in [3.63, 3.8) is 0 Å². The summed E-state index contributed by atoms with van der Waals surface area (Å²) in [5, 5.41) is 14.2. The zero-order chi connectivity index (χ0) is 21.1. The number of urea groups is 1. The lowest BCUT2D eigenvalue weighted by atomic mass is 10.2. The number of aromatic nitrogens is 3. The van der Waals surface area contributed by atoms with Gasteiger partial charge in [-0.2, -0.15) is 4.98 Å². The monoisotopic (exact) mass is 429 g/mol. The van der Waals surface area contributed by atoms with Crippen LogP contribution in [0.4, 0.5) is 15.6 Å². The van der Waals surface area contributed by atoms with Crippen LogP contribution in [0.3, 0.4) is 0 Å². The van der Waals surface area contributed by atoms with Crippen LogP contribution in [0, 0.1) is 10.1 Å². The normalized spacial score (nSPS) is 14.6. The highest BCUT2D eigenvalue weighted by Crippen LogP contribution is 2.29.